The minimum Gasteiger partial charge on any atom is -0.382 e. The van der Waals surface area contributed by atoms with Crippen LogP contribution in [0.2, 0.25) is 0 Å². The summed E-state index contributed by atoms with van der Waals surface area (Å²) in [5, 5.41) is 0. The molecule has 0 bridgehead atoms. The second kappa shape index (κ2) is 10.3. The highest BCUT2D eigenvalue weighted by Crippen LogP contribution is 2.50. The van der Waals surface area contributed by atoms with Crippen molar-refractivity contribution in [2.45, 2.75) is 55.9 Å². The first kappa shape index (κ1) is 28.3. The van der Waals surface area contributed by atoms with Crippen LogP contribution in [0.1, 0.15) is 25.3 Å². The van der Waals surface area contributed by atoms with Crippen molar-refractivity contribution in [2.24, 2.45) is 0 Å². The fraction of sp³-hybridized carbons (Fsp3) is 0.524. The SMILES string of the molecule is Nc1ncnc2c1ncn2[C@@H]1O[C@@H]2COP(=O)(O)O[C@H]3C[C@H](n4cnc5c(N)ncnc54)O[C@@H]3CCS(=O)(=O)O[C@H]2[C@H]1F. The van der Waals surface area contributed by atoms with E-state index in [2.05, 4.69) is 29.9 Å². The van der Waals surface area contributed by atoms with E-state index in [0.29, 0.717) is 11.2 Å². The van der Waals surface area contributed by atoms with Crippen molar-refractivity contribution in [2.75, 3.05) is 23.8 Å². The molecular formula is C21H24FN10O9PS. The predicted molar refractivity (Wildman–Crippen MR) is 141 cm³/mol. The Morgan fingerprint density at radius 3 is 2.28 bits per heavy atom. The van der Waals surface area contributed by atoms with Crippen LogP contribution in [0.5, 0.6) is 0 Å². The van der Waals surface area contributed by atoms with Gasteiger partial charge < -0.3 is 25.8 Å². The Bertz CT molecular complexity index is 1860. The first-order chi connectivity index (χ1) is 20.5. The summed E-state index contributed by atoms with van der Waals surface area (Å²) in [4.78, 5) is 34.8. The highest BCUT2D eigenvalue weighted by Gasteiger charge is 2.51. The van der Waals surface area contributed by atoms with Crippen molar-refractivity contribution in [3.63, 3.8) is 0 Å². The smallest absolute Gasteiger partial charge is 0.382 e. The Morgan fingerprint density at radius 2 is 1.58 bits per heavy atom. The van der Waals surface area contributed by atoms with Gasteiger partial charge in [0, 0.05) is 6.42 Å². The van der Waals surface area contributed by atoms with E-state index in [0.717, 1.165) is 6.33 Å². The van der Waals surface area contributed by atoms with Crippen LogP contribution in [0.3, 0.4) is 0 Å². The lowest BCUT2D eigenvalue weighted by Gasteiger charge is -2.25. The molecule has 5 N–H and O–H groups in total. The third-order valence-corrected chi connectivity index (χ3v) is 9.65. The molecule has 0 aromatic carbocycles. The normalized spacial score (nSPS) is 34.9. The van der Waals surface area contributed by atoms with Gasteiger partial charge >= 0.3 is 7.82 Å². The number of rotatable bonds is 2. The summed E-state index contributed by atoms with van der Waals surface area (Å²) in [5.41, 5.74) is 12.6. The summed E-state index contributed by atoms with van der Waals surface area (Å²) in [6.45, 7) is -0.751. The number of alkyl halides is 1. The number of nitrogens with two attached hydrogens (primary N) is 2. The van der Waals surface area contributed by atoms with Crippen LogP contribution in [0.25, 0.3) is 22.3 Å². The second-order valence-corrected chi connectivity index (χ2v) is 13.2. The van der Waals surface area contributed by atoms with Crippen molar-refractivity contribution in [3.05, 3.63) is 25.3 Å². The first-order valence-electron chi connectivity index (χ1n) is 12.9. The monoisotopic (exact) mass is 642 g/mol. The maximum atomic E-state index is 15.9. The van der Waals surface area contributed by atoms with Gasteiger partial charge in [0.25, 0.3) is 10.1 Å². The van der Waals surface area contributed by atoms with E-state index in [-0.39, 0.29) is 35.6 Å². The molecule has 230 valence electrons. The number of aromatic nitrogens is 8. The number of hydrogen-bond acceptors (Lipinski definition) is 16. The molecule has 22 heteroatoms. The minimum absolute atomic E-state index is 0.00469. The lowest BCUT2D eigenvalue weighted by Crippen LogP contribution is -2.38. The number of nitrogens with zero attached hydrogens (tertiary/aromatic N) is 8. The largest absolute Gasteiger partial charge is 0.472 e. The average molecular weight is 643 g/mol. The molecule has 0 amide bonds. The Morgan fingerprint density at radius 1 is 0.930 bits per heavy atom. The van der Waals surface area contributed by atoms with Gasteiger partial charge in [-0.05, 0) is 6.42 Å². The number of phosphoric ester groups is 1. The molecule has 3 saturated heterocycles. The van der Waals surface area contributed by atoms with E-state index in [1.54, 1.807) is 0 Å². The van der Waals surface area contributed by atoms with Gasteiger partial charge in [0.15, 0.2) is 35.3 Å². The molecule has 0 saturated carbocycles. The maximum absolute atomic E-state index is 15.9. The zero-order valence-corrected chi connectivity index (χ0v) is 23.6. The molecule has 43 heavy (non-hydrogen) atoms. The third-order valence-electron chi connectivity index (χ3n) is 7.39. The highest BCUT2D eigenvalue weighted by molar-refractivity contribution is 7.86. The molecule has 0 radical (unpaired) electrons. The first-order valence-corrected chi connectivity index (χ1v) is 15.9. The highest BCUT2D eigenvalue weighted by atomic mass is 32.2. The van der Waals surface area contributed by atoms with Crippen LogP contribution < -0.4 is 11.5 Å². The van der Waals surface area contributed by atoms with Crippen molar-refractivity contribution in [1.29, 1.82) is 0 Å². The molecule has 4 aromatic rings. The van der Waals surface area contributed by atoms with Crippen molar-refractivity contribution < 1.29 is 45.0 Å². The van der Waals surface area contributed by atoms with E-state index in [4.69, 9.17) is 34.2 Å². The number of hydrogen-bond donors (Lipinski definition) is 3. The number of nitrogen functional groups attached to an aromatic ring is 2. The predicted octanol–water partition coefficient (Wildman–Crippen LogP) is -0.0255. The van der Waals surface area contributed by atoms with E-state index in [1.165, 1.54) is 28.1 Å². The molecule has 3 aliphatic heterocycles. The van der Waals surface area contributed by atoms with Gasteiger partial charge in [-0.25, -0.2) is 38.9 Å². The standard InChI is InChI=1S/C21H24FN10O9PS/c22-13-16-11(39-21(13)32-8-30-15-18(24)26-6-28-20(15)32)4-37-42(33,34)40-10-3-12(38-9(10)1-2-43(35,36)41-16)31-7-29-14-17(23)25-5-27-19(14)31/h5-13,16,21H,1-4H2,(H,33,34)(H2,23,25,27)(H2,24,26,28)/t9-,10+,11-,12-,13-,16-,21-/m1/s1. The molecular weight excluding hydrogens is 618 g/mol. The van der Waals surface area contributed by atoms with Crippen LogP contribution in [0.15, 0.2) is 25.3 Å². The van der Waals surface area contributed by atoms with Crippen LogP contribution in [-0.2, 0) is 37.4 Å². The van der Waals surface area contributed by atoms with Gasteiger partial charge in [-0.15, -0.1) is 0 Å². The van der Waals surface area contributed by atoms with Crippen molar-refractivity contribution in [1.82, 2.24) is 39.0 Å². The summed E-state index contributed by atoms with van der Waals surface area (Å²) in [7, 11) is -9.20. The zero-order chi connectivity index (χ0) is 30.1. The van der Waals surface area contributed by atoms with Crippen LogP contribution in [-0.4, -0.2) is 95.3 Å². The molecule has 4 aromatic heterocycles. The van der Waals surface area contributed by atoms with Gasteiger partial charge in [0.2, 0.25) is 0 Å². The molecule has 3 aliphatic rings. The maximum Gasteiger partial charge on any atom is 0.472 e. The van der Waals surface area contributed by atoms with Crippen LogP contribution in [0, 0.1) is 0 Å². The molecule has 0 spiro atoms. The Kier molecular flexibility index (Phi) is 6.81. The molecule has 7 heterocycles. The van der Waals surface area contributed by atoms with Crippen molar-refractivity contribution >= 4 is 51.9 Å². The lowest BCUT2D eigenvalue weighted by molar-refractivity contribution is -0.0497. The molecule has 7 rings (SSSR count). The third kappa shape index (κ3) is 5.10. The molecule has 0 aliphatic carbocycles. The van der Waals surface area contributed by atoms with Gasteiger partial charge in [0.05, 0.1) is 31.1 Å². The Labute approximate surface area is 241 Å². The van der Waals surface area contributed by atoms with Crippen LogP contribution >= 0.6 is 7.82 Å². The van der Waals surface area contributed by atoms with E-state index < -0.39 is 73.3 Å². The summed E-state index contributed by atoms with van der Waals surface area (Å²) in [6.07, 6.45) is -4.90. The molecule has 1 unspecified atom stereocenters. The fourth-order valence-corrected chi connectivity index (χ4v) is 7.54. The minimum atomic E-state index is -4.81. The Balaban J connectivity index is 1.15. The summed E-state index contributed by atoms with van der Waals surface area (Å²) in [6, 6.07) is 0. The number of fused-ring (bicyclic) bond motifs is 4. The van der Waals surface area contributed by atoms with E-state index in [9.17, 15) is 17.9 Å². The number of phosphoric acid groups is 1. The summed E-state index contributed by atoms with van der Waals surface area (Å²) >= 11 is 0. The molecule has 3 fully saturated rings. The van der Waals surface area contributed by atoms with Gasteiger partial charge in [-0.1, -0.05) is 0 Å². The molecule has 8 atom stereocenters. The number of ether oxygens (including phenoxy) is 2. The van der Waals surface area contributed by atoms with E-state index >= 15 is 4.39 Å². The summed E-state index contributed by atoms with van der Waals surface area (Å²) in [5.74, 6) is -0.447. The topological polar surface area (TPSA) is 257 Å². The van der Waals surface area contributed by atoms with Gasteiger partial charge in [0.1, 0.15) is 48.2 Å². The quantitative estimate of drug-likeness (QED) is 0.192. The molecule has 19 nitrogen and oxygen atoms in total. The van der Waals surface area contributed by atoms with Gasteiger partial charge in [-0.2, -0.15) is 8.42 Å². The lowest BCUT2D eigenvalue weighted by atomic mass is 10.1. The average Bonchev–Trinajstić information content (AvgIpc) is 3.72. The van der Waals surface area contributed by atoms with Crippen molar-refractivity contribution in [3.8, 4) is 0 Å². The number of imidazole rings is 2. The van der Waals surface area contributed by atoms with Gasteiger partial charge in [-0.3, -0.25) is 22.4 Å². The van der Waals surface area contributed by atoms with E-state index in [1.807, 2.05) is 0 Å². The second-order valence-electron chi connectivity index (χ2n) is 10.1. The number of anilines is 2. The fourth-order valence-electron chi connectivity index (χ4n) is 5.39. The van der Waals surface area contributed by atoms with Crippen LogP contribution in [0.4, 0.5) is 16.0 Å². The summed E-state index contributed by atoms with van der Waals surface area (Å²) < 4.78 is 85.4. The Hall–Kier alpha value is -3.43. The zero-order valence-electron chi connectivity index (χ0n) is 21.9. The number of halogens is 1.